The first-order valence-corrected chi connectivity index (χ1v) is 7.98. The third-order valence-corrected chi connectivity index (χ3v) is 4.38. The molecule has 0 spiro atoms. The Labute approximate surface area is 144 Å². The molecule has 5 nitrogen and oxygen atoms in total. The fraction of sp³-hybridized carbons (Fsp3) is 0.263. The predicted octanol–water partition coefficient (Wildman–Crippen LogP) is 3.26. The van der Waals surface area contributed by atoms with E-state index in [-0.39, 0.29) is 19.7 Å². The first-order chi connectivity index (χ1) is 12.0. The molecule has 0 radical (unpaired) electrons. The van der Waals surface area contributed by atoms with Gasteiger partial charge in [0.1, 0.15) is 12.4 Å². The summed E-state index contributed by atoms with van der Waals surface area (Å²) < 4.78 is 18.7. The van der Waals surface area contributed by atoms with Crippen LogP contribution in [0.2, 0.25) is 0 Å². The molecular formula is C19H18FNO4. The molecule has 2 aromatic rings. The number of hydrogen-bond donors (Lipinski definition) is 1. The van der Waals surface area contributed by atoms with Gasteiger partial charge in [-0.05, 0) is 23.3 Å². The maximum Gasteiger partial charge on any atom is 0.410 e. The van der Waals surface area contributed by atoms with Gasteiger partial charge in [-0.3, -0.25) is 4.79 Å². The molecule has 25 heavy (non-hydrogen) atoms. The van der Waals surface area contributed by atoms with Crippen LogP contribution in [0.25, 0.3) is 0 Å². The zero-order chi connectivity index (χ0) is 17.8. The van der Waals surface area contributed by atoms with Crippen LogP contribution in [0.4, 0.5) is 9.18 Å². The van der Waals surface area contributed by atoms with Crippen LogP contribution in [0.5, 0.6) is 0 Å². The molecule has 0 aromatic heterocycles. The fourth-order valence-corrected chi connectivity index (χ4v) is 3.09. The number of rotatable bonds is 4. The van der Waals surface area contributed by atoms with Crippen LogP contribution in [0.15, 0.2) is 54.6 Å². The van der Waals surface area contributed by atoms with Gasteiger partial charge in [0.25, 0.3) is 0 Å². The third-order valence-electron chi connectivity index (χ3n) is 4.38. The topological polar surface area (TPSA) is 66.8 Å². The first-order valence-electron chi connectivity index (χ1n) is 7.98. The third kappa shape index (κ3) is 3.96. The molecule has 1 fully saturated rings. The normalized spacial score (nSPS) is 19.6. The second-order valence-electron chi connectivity index (χ2n) is 6.05. The minimum atomic E-state index is -1.01. The molecule has 6 heteroatoms. The molecule has 2 atom stereocenters. The summed E-state index contributed by atoms with van der Waals surface area (Å²) in [5, 5.41) is 9.45. The zero-order valence-corrected chi connectivity index (χ0v) is 13.5. The summed E-state index contributed by atoms with van der Waals surface area (Å²) in [6.45, 7) is 0.358. The summed E-state index contributed by atoms with van der Waals surface area (Å²) in [6, 6.07) is 15.1. The van der Waals surface area contributed by atoms with E-state index in [1.807, 2.05) is 30.3 Å². The fourth-order valence-electron chi connectivity index (χ4n) is 3.09. The Balaban J connectivity index is 1.69. The quantitative estimate of drug-likeness (QED) is 0.925. The van der Waals surface area contributed by atoms with Crippen molar-refractivity contribution < 1.29 is 23.8 Å². The number of amides is 1. The highest BCUT2D eigenvalue weighted by molar-refractivity contribution is 5.75. The van der Waals surface area contributed by atoms with Gasteiger partial charge in [-0.15, -0.1) is 0 Å². The molecule has 1 saturated heterocycles. The lowest BCUT2D eigenvalue weighted by atomic mass is 9.89. The smallest absolute Gasteiger partial charge is 0.410 e. The first kappa shape index (κ1) is 17.0. The SMILES string of the molecule is O=C(O)[C@H]1CN(C(=O)OCc2ccccc2)C[C@@H]1c1cccc(F)c1. The molecule has 0 aliphatic carbocycles. The lowest BCUT2D eigenvalue weighted by molar-refractivity contribution is -0.141. The lowest BCUT2D eigenvalue weighted by Crippen LogP contribution is -2.30. The van der Waals surface area contributed by atoms with Gasteiger partial charge in [-0.25, -0.2) is 9.18 Å². The molecule has 0 unspecified atom stereocenters. The monoisotopic (exact) mass is 343 g/mol. The molecule has 0 saturated carbocycles. The van der Waals surface area contributed by atoms with Gasteiger partial charge in [0.15, 0.2) is 0 Å². The molecule has 1 aliphatic rings. The molecule has 1 amide bonds. The van der Waals surface area contributed by atoms with Crippen molar-refractivity contribution in [2.24, 2.45) is 5.92 Å². The molecule has 1 N–H and O–H groups in total. The van der Waals surface area contributed by atoms with Gasteiger partial charge in [0.2, 0.25) is 0 Å². The van der Waals surface area contributed by atoms with E-state index in [4.69, 9.17) is 4.74 Å². The van der Waals surface area contributed by atoms with Crippen LogP contribution in [0, 0.1) is 11.7 Å². The van der Waals surface area contributed by atoms with E-state index in [0.29, 0.717) is 5.56 Å². The number of carbonyl (C=O) groups is 2. The van der Waals surface area contributed by atoms with Gasteiger partial charge in [0, 0.05) is 19.0 Å². The number of ether oxygens (including phenoxy) is 1. The maximum atomic E-state index is 13.5. The zero-order valence-electron chi connectivity index (χ0n) is 13.5. The van der Waals surface area contributed by atoms with Crippen LogP contribution < -0.4 is 0 Å². The molecular weight excluding hydrogens is 325 g/mol. The Bertz CT molecular complexity index is 765. The summed E-state index contributed by atoms with van der Waals surface area (Å²) in [4.78, 5) is 25.2. The van der Waals surface area contributed by atoms with E-state index in [1.54, 1.807) is 12.1 Å². The van der Waals surface area contributed by atoms with Crippen molar-refractivity contribution in [1.82, 2.24) is 4.90 Å². The van der Waals surface area contributed by atoms with E-state index >= 15 is 0 Å². The highest BCUT2D eigenvalue weighted by Gasteiger charge is 2.41. The van der Waals surface area contributed by atoms with Crippen molar-refractivity contribution in [3.05, 3.63) is 71.5 Å². The molecule has 2 aromatic carbocycles. The minimum absolute atomic E-state index is 0.0458. The van der Waals surface area contributed by atoms with Crippen LogP contribution in [-0.2, 0) is 16.1 Å². The van der Waals surface area contributed by atoms with Crippen molar-refractivity contribution in [3.63, 3.8) is 0 Å². The Morgan fingerprint density at radius 1 is 1.12 bits per heavy atom. The van der Waals surface area contributed by atoms with E-state index in [1.165, 1.54) is 17.0 Å². The number of likely N-dealkylation sites (tertiary alicyclic amines) is 1. The number of carbonyl (C=O) groups excluding carboxylic acids is 1. The minimum Gasteiger partial charge on any atom is -0.481 e. The Morgan fingerprint density at radius 3 is 2.56 bits per heavy atom. The molecule has 0 bridgehead atoms. The lowest BCUT2D eigenvalue weighted by Gasteiger charge is -2.16. The van der Waals surface area contributed by atoms with Crippen molar-refractivity contribution >= 4 is 12.1 Å². The summed E-state index contributed by atoms with van der Waals surface area (Å²) in [7, 11) is 0. The molecule has 1 aliphatic heterocycles. The summed E-state index contributed by atoms with van der Waals surface area (Å²) in [5.41, 5.74) is 1.43. The van der Waals surface area contributed by atoms with Gasteiger partial charge in [-0.2, -0.15) is 0 Å². The predicted molar refractivity (Wildman–Crippen MR) is 88.5 cm³/mol. The van der Waals surface area contributed by atoms with E-state index in [0.717, 1.165) is 5.56 Å². The molecule has 130 valence electrons. The highest BCUT2D eigenvalue weighted by Crippen LogP contribution is 2.33. The Hall–Kier alpha value is -2.89. The van der Waals surface area contributed by atoms with E-state index < -0.39 is 29.7 Å². The maximum absolute atomic E-state index is 13.5. The number of aliphatic carboxylic acids is 1. The van der Waals surface area contributed by atoms with E-state index in [2.05, 4.69) is 0 Å². The average Bonchev–Trinajstić information content (AvgIpc) is 3.06. The van der Waals surface area contributed by atoms with E-state index in [9.17, 15) is 19.1 Å². The summed E-state index contributed by atoms with van der Waals surface area (Å²) in [6.07, 6.45) is -0.561. The second kappa shape index (κ2) is 7.34. The summed E-state index contributed by atoms with van der Waals surface area (Å²) >= 11 is 0. The van der Waals surface area contributed by atoms with Crippen molar-refractivity contribution in [2.75, 3.05) is 13.1 Å². The van der Waals surface area contributed by atoms with Crippen molar-refractivity contribution in [1.29, 1.82) is 0 Å². The van der Waals surface area contributed by atoms with Crippen LogP contribution in [-0.4, -0.2) is 35.2 Å². The molecule has 3 rings (SSSR count). The average molecular weight is 343 g/mol. The van der Waals surface area contributed by atoms with Gasteiger partial charge in [-0.1, -0.05) is 42.5 Å². The van der Waals surface area contributed by atoms with Crippen LogP contribution in [0.1, 0.15) is 17.0 Å². The summed E-state index contributed by atoms with van der Waals surface area (Å²) in [5.74, 6) is -2.68. The van der Waals surface area contributed by atoms with Crippen molar-refractivity contribution in [3.8, 4) is 0 Å². The highest BCUT2D eigenvalue weighted by atomic mass is 19.1. The molecule has 1 heterocycles. The second-order valence-corrected chi connectivity index (χ2v) is 6.05. The Kier molecular flexibility index (Phi) is 4.97. The number of benzene rings is 2. The largest absolute Gasteiger partial charge is 0.481 e. The number of carboxylic acid groups (broad SMARTS) is 1. The number of carboxylic acids is 1. The van der Waals surface area contributed by atoms with Gasteiger partial charge >= 0.3 is 12.1 Å². The van der Waals surface area contributed by atoms with Crippen molar-refractivity contribution in [2.45, 2.75) is 12.5 Å². The number of halogens is 1. The van der Waals surface area contributed by atoms with Crippen LogP contribution in [0.3, 0.4) is 0 Å². The van der Waals surface area contributed by atoms with Gasteiger partial charge in [0.05, 0.1) is 5.92 Å². The van der Waals surface area contributed by atoms with Crippen LogP contribution >= 0.6 is 0 Å². The Morgan fingerprint density at radius 2 is 1.88 bits per heavy atom. The van der Waals surface area contributed by atoms with Gasteiger partial charge < -0.3 is 14.7 Å². The standard InChI is InChI=1S/C19H18FNO4/c20-15-8-4-7-14(9-15)16-10-21(11-17(16)18(22)23)19(24)25-12-13-5-2-1-3-6-13/h1-9,16-17H,10-12H2,(H,22,23)/t16-,17+/m1/s1. The number of nitrogens with zero attached hydrogens (tertiary/aromatic N) is 1. The number of hydrogen-bond acceptors (Lipinski definition) is 3.